The van der Waals surface area contributed by atoms with Gasteiger partial charge < -0.3 is 38.6 Å². The number of anilines is 2. The first-order chi connectivity index (χ1) is 38.9. The molecule has 3 saturated heterocycles. The Labute approximate surface area is 458 Å². The van der Waals surface area contributed by atoms with Crippen molar-refractivity contribution in [1.29, 1.82) is 0 Å². The Morgan fingerprint density at radius 3 is 2.11 bits per heavy atom. The molecule has 0 aliphatic carbocycles. The predicted molar refractivity (Wildman–Crippen MR) is 284 cm³/mol. The Balaban J connectivity index is 1.23. The minimum absolute atomic E-state index is 0.0251. The molecule has 1 aromatic heterocycles. The van der Waals surface area contributed by atoms with Crippen LogP contribution in [0.5, 0.6) is 5.75 Å². The highest BCUT2D eigenvalue weighted by Gasteiger charge is 2.76. The summed E-state index contributed by atoms with van der Waals surface area (Å²) in [7, 11) is 2.25. The van der Waals surface area contributed by atoms with Gasteiger partial charge in [-0.3, -0.25) is 39.0 Å². The van der Waals surface area contributed by atoms with Crippen molar-refractivity contribution in [3.8, 4) is 17.6 Å². The van der Waals surface area contributed by atoms with E-state index in [1.54, 1.807) is 53.7 Å². The first kappa shape index (κ1) is 53.9. The number of carbonyl (C=O) groups excluding carboxylic acids is 6. The summed E-state index contributed by atoms with van der Waals surface area (Å²) in [6, 6.07) is 32.7. The zero-order valence-corrected chi connectivity index (χ0v) is 43.4. The van der Waals surface area contributed by atoms with Crippen molar-refractivity contribution in [2.45, 2.75) is 42.7 Å². The van der Waals surface area contributed by atoms with Gasteiger partial charge in [-0.2, -0.15) is 0 Å². The molecule has 0 saturated carbocycles. The van der Waals surface area contributed by atoms with E-state index in [4.69, 9.17) is 23.7 Å². The molecule has 80 heavy (non-hydrogen) atoms. The van der Waals surface area contributed by atoms with Crippen molar-refractivity contribution in [2.24, 2.45) is 11.8 Å². The number of nitro benzene ring substituents is 1. The molecule has 21 heteroatoms. The average molecular weight is 1080 g/mol. The zero-order valence-electron chi connectivity index (χ0n) is 43.4. The third kappa shape index (κ3) is 9.90. The zero-order chi connectivity index (χ0) is 56.1. The molecule has 5 aromatic carbocycles. The fourth-order valence-corrected chi connectivity index (χ4v) is 11.4. The van der Waals surface area contributed by atoms with Gasteiger partial charge >= 0.3 is 24.0 Å². The van der Waals surface area contributed by atoms with Gasteiger partial charge in [0, 0.05) is 68.3 Å². The SMILES string of the molecule is COC(=O)C(CC#Cc1ccc2c(c1)C1(C(=O)N2C(=O)OCc2ccc([N+](=O)[O-])cc2)C(C(=O)N2CCN(c3ncccn3)CC2)C2C(=O)OC(c3ccccc3)C(c3ccccc3)N2C1c1ccccc1OCCO)C(=O)OC. The normalized spacial score (nSPS) is 21.2. The average Bonchev–Trinajstić information content (AvgIpc) is 4.12. The van der Waals surface area contributed by atoms with E-state index in [0.717, 1.165) is 19.1 Å². The highest BCUT2D eigenvalue weighted by molar-refractivity contribution is 6.23. The second-order valence-corrected chi connectivity index (χ2v) is 19.2. The molecule has 6 aromatic rings. The van der Waals surface area contributed by atoms with Crippen LogP contribution in [0.25, 0.3) is 0 Å². The van der Waals surface area contributed by atoms with E-state index in [0.29, 0.717) is 28.2 Å². The molecule has 1 spiro atoms. The number of morpholine rings is 1. The number of piperazine rings is 1. The lowest BCUT2D eigenvalue weighted by Gasteiger charge is -2.46. The molecule has 6 atom stereocenters. The lowest BCUT2D eigenvalue weighted by atomic mass is 9.64. The Morgan fingerprint density at radius 1 is 0.812 bits per heavy atom. The first-order valence-corrected chi connectivity index (χ1v) is 25.7. The molecular weight excluding hydrogens is 1030 g/mol. The second kappa shape index (κ2) is 23.2. The molecule has 0 bridgehead atoms. The molecule has 10 rings (SSSR count). The summed E-state index contributed by atoms with van der Waals surface area (Å²) in [4.78, 5) is 116. The predicted octanol–water partition coefficient (Wildman–Crippen LogP) is 5.81. The number of nitro groups is 1. The third-order valence-electron chi connectivity index (χ3n) is 14.9. The highest BCUT2D eigenvalue weighted by Crippen LogP contribution is 2.67. The third-order valence-corrected chi connectivity index (χ3v) is 14.9. The summed E-state index contributed by atoms with van der Waals surface area (Å²) in [5, 5.41) is 21.7. The number of amides is 3. The summed E-state index contributed by atoms with van der Waals surface area (Å²) in [5.41, 5.74) is -0.308. The summed E-state index contributed by atoms with van der Waals surface area (Å²) >= 11 is 0. The van der Waals surface area contributed by atoms with Gasteiger partial charge in [0.25, 0.3) is 5.69 Å². The number of fused-ring (bicyclic) bond motifs is 3. The summed E-state index contributed by atoms with van der Waals surface area (Å²) in [6.45, 7) is -0.325. The van der Waals surface area contributed by atoms with Crippen LogP contribution in [0, 0.1) is 33.8 Å². The number of hydrogen-bond donors (Lipinski definition) is 1. The molecule has 3 amide bonds. The maximum atomic E-state index is 16.9. The van der Waals surface area contributed by atoms with Crippen LogP contribution in [-0.4, -0.2) is 125 Å². The van der Waals surface area contributed by atoms with Crippen LogP contribution in [0.3, 0.4) is 0 Å². The van der Waals surface area contributed by atoms with E-state index in [2.05, 4.69) is 21.8 Å². The fourth-order valence-electron chi connectivity index (χ4n) is 11.4. The Morgan fingerprint density at radius 2 is 1.46 bits per heavy atom. The monoisotopic (exact) mass is 1080 g/mol. The van der Waals surface area contributed by atoms with E-state index in [1.807, 2.05) is 70.5 Å². The van der Waals surface area contributed by atoms with E-state index in [-0.39, 0.29) is 67.5 Å². The number of imide groups is 1. The van der Waals surface area contributed by atoms with Crippen LogP contribution < -0.4 is 14.5 Å². The van der Waals surface area contributed by atoms with E-state index in [1.165, 1.54) is 36.4 Å². The maximum absolute atomic E-state index is 16.9. The fraction of sp³-hybridized carbons (Fsp3) is 0.288. The number of methoxy groups -OCH3 is 2. The van der Waals surface area contributed by atoms with Crippen molar-refractivity contribution >= 4 is 53.1 Å². The minimum atomic E-state index is -2.29. The lowest BCUT2D eigenvalue weighted by molar-refractivity contribution is -0.384. The molecule has 1 N–H and O–H groups in total. The van der Waals surface area contributed by atoms with Crippen LogP contribution in [0.15, 0.2) is 146 Å². The standard InChI is InChI=1S/C59H53N7O14/c1-76-53(69)43(54(70)77-2)19-11-13-37-23-26-45-44(35-37)59(56(72)64(45)58(73)79-36-38-21-24-41(25-22-38)66(74)75)47(52(68)62-29-31-63(32-30-62)57-60-27-12-28-61-57)49-55(71)80-50(40-16-7-4-8-17-40)48(39-14-5-3-6-15-39)65(49)51(59)42-18-9-10-20-46(42)78-34-33-67/h3-10,12,14-18,20-28,35,43,47-51,67H,19,29-34,36H2,1-2H3. The van der Waals surface area contributed by atoms with Crippen molar-refractivity contribution in [2.75, 3.05) is 63.4 Å². The topological polar surface area (TPSA) is 251 Å². The number of aliphatic hydroxyl groups is 1. The smallest absolute Gasteiger partial charge is 0.421 e. The number of carbonyl (C=O) groups is 6. The summed E-state index contributed by atoms with van der Waals surface area (Å²) in [5.74, 6) is -0.758. The van der Waals surface area contributed by atoms with Gasteiger partial charge in [0.05, 0.1) is 49.4 Å². The Kier molecular flexibility index (Phi) is 15.6. The van der Waals surface area contributed by atoms with Gasteiger partial charge in [-0.1, -0.05) is 90.7 Å². The molecule has 4 aliphatic heterocycles. The molecular formula is C59H53N7O14. The number of benzene rings is 5. The number of cyclic esters (lactones) is 1. The van der Waals surface area contributed by atoms with Crippen LogP contribution in [0.4, 0.5) is 22.1 Å². The van der Waals surface area contributed by atoms with Crippen molar-refractivity contribution in [1.82, 2.24) is 19.8 Å². The van der Waals surface area contributed by atoms with Crippen molar-refractivity contribution < 1.29 is 62.5 Å². The van der Waals surface area contributed by atoms with Crippen LogP contribution in [0.1, 0.15) is 58.0 Å². The number of non-ortho nitro benzene ring substituents is 1. The molecule has 4 aliphatic rings. The number of para-hydroxylation sites is 1. The lowest BCUT2D eigenvalue weighted by Crippen LogP contribution is -2.59. The van der Waals surface area contributed by atoms with Crippen LogP contribution in [-0.2, 0) is 54.9 Å². The van der Waals surface area contributed by atoms with Crippen LogP contribution >= 0.6 is 0 Å². The molecule has 3 fully saturated rings. The minimum Gasteiger partial charge on any atom is -0.491 e. The van der Waals surface area contributed by atoms with E-state index in [9.17, 15) is 24.8 Å². The van der Waals surface area contributed by atoms with Gasteiger partial charge in [-0.25, -0.2) is 19.7 Å². The highest BCUT2D eigenvalue weighted by atomic mass is 16.6. The number of hydrogen-bond acceptors (Lipinski definition) is 18. The second-order valence-electron chi connectivity index (χ2n) is 19.2. The number of nitrogens with zero attached hydrogens (tertiary/aromatic N) is 7. The quantitative estimate of drug-likeness (QED) is 0.0337. The van der Waals surface area contributed by atoms with Gasteiger partial charge in [-0.05, 0) is 64.7 Å². The number of aliphatic hydroxyl groups excluding tert-OH is 1. The molecule has 0 radical (unpaired) electrons. The molecule has 6 unspecified atom stereocenters. The molecule has 21 nitrogen and oxygen atoms in total. The maximum Gasteiger partial charge on any atom is 0.421 e. The van der Waals surface area contributed by atoms with Gasteiger partial charge in [0.2, 0.25) is 17.8 Å². The number of aromatic nitrogens is 2. The first-order valence-electron chi connectivity index (χ1n) is 25.7. The van der Waals surface area contributed by atoms with Crippen molar-refractivity contribution in [3.63, 3.8) is 0 Å². The van der Waals surface area contributed by atoms with Crippen LogP contribution in [0.2, 0.25) is 0 Å². The molecule has 408 valence electrons. The number of ether oxygens (including phenoxy) is 5. The number of rotatable bonds is 14. The number of esters is 3. The Bertz CT molecular complexity index is 3370. The van der Waals surface area contributed by atoms with E-state index >= 15 is 19.2 Å². The van der Waals surface area contributed by atoms with E-state index < -0.39 is 95.4 Å². The Hall–Kier alpha value is -9.52. The van der Waals surface area contributed by atoms with Gasteiger partial charge in [-0.15, -0.1) is 0 Å². The van der Waals surface area contributed by atoms with Gasteiger partial charge in [0.1, 0.15) is 36.5 Å². The van der Waals surface area contributed by atoms with Gasteiger partial charge in [0.15, 0.2) is 5.92 Å². The summed E-state index contributed by atoms with van der Waals surface area (Å²) in [6.07, 6.45) is 0.651. The molecule has 5 heterocycles. The summed E-state index contributed by atoms with van der Waals surface area (Å²) < 4.78 is 28.6. The van der Waals surface area contributed by atoms with Crippen molar-refractivity contribution in [3.05, 3.63) is 189 Å². The largest absolute Gasteiger partial charge is 0.491 e.